The van der Waals surface area contributed by atoms with E-state index in [9.17, 15) is 4.79 Å². The second kappa shape index (κ2) is 6.01. The van der Waals surface area contributed by atoms with Gasteiger partial charge in [-0.1, -0.05) is 17.8 Å². The molecule has 1 saturated heterocycles. The van der Waals surface area contributed by atoms with Crippen molar-refractivity contribution >= 4 is 29.0 Å². The average molecular weight is 350 g/mol. The molecule has 0 radical (unpaired) electrons. The molecule has 4 rings (SSSR count). The van der Waals surface area contributed by atoms with E-state index in [-0.39, 0.29) is 29.4 Å². The number of thiophene rings is 1. The fraction of sp³-hybridized carbons (Fsp3) is 0.533. The molecule has 4 heterocycles. The van der Waals surface area contributed by atoms with Crippen LogP contribution in [-0.2, 0) is 4.74 Å². The quantitative estimate of drug-likeness (QED) is 0.847. The Kier molecular flexibility index (Phi) is 4.00. The Morgan fingerprint density at radius 3 is 2.78 bits per heavy atom. The van der Waals surface area contributed by atoms with Crippen LogP contribution in [0.3, 0.4) is 0 Å². The summed E-state index contributed by atoms with van der Waals surface area (Å²) >= 11 is 3.22. The van der Waals surface area contributed by atoms with E-state index in [0.29, 0.717) is 5.16 Å². The highest BCUT2D eigenvalue weighted by atomic mass is 32.2. The van der Waals surface area contributed by atoms with Gasteiger partial charge in [0.05, 0.1) is 18.2 Å². The van der Waals surface area contributed by atoms with E-state index < -0.39 is 0 Å². The van der Waals surface area contributed by atoms with Crippen molar-refractivity contribution in [3.63, 3.8) is 0 Å². The van der Waals surface area contributed by atoms with Crippen molar-refractivity contribution in [2.24, 2.45) is 0 Å². The van der Waals surface area contributed by atoms with Gasteiger partial charge in [-0.05, 0) is 25.3 Å². The van der Waals surface area contributed by atoms with Crippen LogP contribution in [0.25, 0.3) is 0 Å². The molecule has 2 aliphatic heterocycles. The molecule has 23 heavy (non-hydrogen) atoms. The van der Waals surface area contributed by atoms with E-state index in [4.69, 9.17) is 4.74 Å². The second-order valence-corrected chi connectivity index (χ2v) is 8.09. The van der Waals surface area contributed by atoms with Crippen LogP contribution in [0.2, 0.25) is 0 Å². The first kappa shape index (κ1) is 15.3. The number of hydrogen-bond acceptors (Lipinski definition) is 7. The SMILES string of the molecule is CC1CN(C(c2cccs2)C2Sc3ncnn3C2=O)CC(C)O1. The number of rotatable bonds is 3. The van der Waals surface area contributed by atoms with Crippen LogP contribution >= 0.6 is 23.1 Å². The Morgan fingerprint density at radius 1 is 1.35 bits per heavy atom. The van der Waals surface area contributed by atoms with Crippen LogP contribution in [0.4, 0.5) is 0 Å². The summed E-state index contributed by atoms with van der Waals surface area (Å²) in [6.45, 7) is 5.83. The summed E-state index contributed by atoms with van der Waals surface area (Å²) in [5, 5.41) is 6.61. The van der Waals surface area contributed by atoms with Gasteiger partial charge in [0.15, 0.2) is 5.16 Å². The number of carbonyl (C=O) groups excluding carboxylic acids is 1. The third-order valence-electron chi connectivity index (χ3n) is 4.16. The van der Waals surface area contributed by atoms with Crippen molar-refractivity contribution in [3.05, 3.63) is 28.7 Å². The van der Waals surface area contributed by atoms with Crippen LogP contribution in [0.1, 0.15) is 29.6 Å². The summed E-state index contributed by atoms with van der Waals surface area (Å²) in [6, 6.07) is 4.19. The molecule has 4 unspecified atom stereocenters. The van der Waals surface area contributed by atoms with E-state index in [1.165, 1.54) is 27.6 Å². The largest absolute Gasteiger partial charge is 0.373 e. The molecule has 0 amide bonds. The maximum absolute atomic E-state index is 12.8. The molecule has 0 aliphatic carbocycles. The van der Waals surface area contributed by atoms with Crippen molar-refractivity contribution in [2.75, 3.05) is 13.1 Å². The average Bonchev–Trinajstić information content (AvgIpc) is 3.20. The summed E-state index contributed by atoms with van der Waals surface area (Å²) in [6.07, 6.45) is 1.77. The van der Waals surface area contributed by atoms with Crippen molar-refractivity contribution < 1.29 is 9.53 Å². The molecule has 2 aromatic heterocycles. The van der Waals surface area contributed by atoms with Crippen LogP contribution in [0, 0.1) is 0 Å². The lowest BCUT2D eigenvalue weighted by Gasteiger charge is -2.41. The van der Waals surface area contributed by atoms with E-state index in [0.717, 1.165) is 13.1 Å². The van der Waals surface area contributed by atoms with Gasteiger partial charge in [-0.3, -0.25) is 9.69 Å². The minimum atomic E-state index is -0.206. The predicted octanol–water partition coefficient (Wildman–Crippen LogP) is 2.30. The highest BCUT2D eigenvalue weighted by Gasteiger charge is 2.44. The van der Waals surface area contributed by atoms with Gasteiger partial charge >= 0.3 is 0 Å². The Hall–Kier alpha value is -1.22. The van der Waals surface area contributed by atoms with Gasteiger partial charge in [0.2, 0.25) is 0 Å². The molecule has 0 aromatic carbocycles. The van der Waals surface area contributed by atoms with Gasteiger partial charge in [0.25, 0.3) is 5.91 Å². The zero-order valence-corrected chi connectivity index (χ0v) is 14.6. The van der Waals surface area contributed by atoms with E-state index >= 15 is 0 Å². The molecule has 122 valence electrons. The van der Waals surface area contributed by atoms with Gasteiger partial charge in [-0.2, -0.15) is 9.78 Å². The van der Waals surface area contributed by atoms with E-state index in [1.807, 2.05) is 6.07 Å². The standard InChI is InChI=1S/C15H18N4O2S2/c1-9-6-18(7-10(2)21-9)12(11-4-3-5-22-11)13-14(20)19-15(23-13)16-8-17-19/h3-5,8-10,12-13H,6-7H2,1-2H3. The first-order valence-corrected chi connectivity index (χ1v) is 9.43. The summed E-state index contributed by atoms with van der Waals surface area (Å²) in [5.41, 5.74) is 0. The second-order valence-electron chi connectivity index (χ2n) is 6.00. The maximum atomic E-state index is 12.8. The summed E-state index contributed by atoms with van der Waals surface area (Å²) < 4.78 is 7.29. The van der Waals surface area contributed by atoms with Gasteiger partial charge in [-0.15, -0.1) is 11.3 Å². The number of nitrogens with zero attached hydrogens (tertiary/aromatic N) is 4. The number of aromatic nitrogens is 3. The van der Waals surface area contributed by atoms with Crippen LogP contribution in [-0.4, -0.2) is 56.1 Å². The molecule has 8 heteroatoms. The van der Waals surface area contributed by atoms with Gasteiger partial charge in [0.1, 0.15) is 11.6 Å². The molecule has 1 fully saturated rings. The number of thioether (sulfide) groups is 1. The lowest BCUT2D eigenvalue weighted by molar-refractivity contribution is -0.0800. The fourth-order valence-electron chi connectivity index (χ4n) is 3.37. The van der Waals surface area contributed by atoms with Crippen LogP contribution in [0.15, 0.2) is 29.0 Å². The van der Waals surface area contributed by atoms with E-state index in [1.54, 1.807) is 11.3 Å². The van der Waals surface area contributed by atoms with Crippen molar-refractivity contribution in [1.82, 2.24) is 19.7 Å². The molecule has 0 N–H and O–H groups in total. The minimum Gasteiger partial charge on any atom is -0.373 e. The molecule has 0 saturated carbocycles. The lowest BCUT2D eigenvalue weighted by Crippen LogP contribution is -2.50. The highest BCUT2D eigenvalue weighted by Crippen LogP contribution is 2.42. The number of hydrogen-bond donors (Lipinski definition) is 0. The minimum absolute atomic E-state index is 0.0210. The zero-order chi connectivity index (χ0) is 16.0. The van der Waals surface area contributed by atoms with Crippen molar-refractivity contribution in [2.45, 2.75) is 42.5 Å². The van der Waals surface area contributed by atoms with E-state index in [2.05, 4.69) is 40.3 Å². The third kappa shape index (κ3) is 2.73. The third-order valence-corrected chi connectivity index (χ3v) is 6.31. The number of fused-ring (bicyclic) bond motifs is 1. The Balaban J connectivity index is 1.67. The molecule has 6 nitrogen and oxygen atoms in total. The van der Waals surface area contributed by atoms with Crippen molar-refractivity contribution in [1.29, 1.82) is 0 Å². The smallest absolute Gasteiger partial charge is 0.264 e. The lowest BCUT2D eigenvalue weighted by atomic mass is 10.1. The molecule has 4 atom stereocenters. The maximum Gasteiger partial charge on any atom is 0.264 e. The fourth-order valence-corrected chi connectivity index (χ4v) is 5.57. The number of morpholine rings is 1. The first-order chi connectivity index (χ1) is 11.1. The number of carbonyl (C=O) groups is 1. The predicted molar refractivity (Wildman–Crippen MR) is 88.9 cm³/mol. The Morgan fingerprint density at radius 2 is 2.13 bits per heavy atom. The van der Waals surface area contributed by atoms with Crippen molar-refractivity contribution in [3.8, 4) is 0 Å². The molecular weight excluding hydrogens is 332 g/mol. The number of ether oxygens (including phenoxy) is 1. The highest BCUT2D eigenvalue weighted by molar-refractivity contribution is 8.01. The normalized spacial score (nSPS) is 29.7. The molecule has 0 bridgehead atoms. The Bertz CT molecular complexity index is 692. The first-order valence-electron chi connectivity index (χ1n) is 7.67. The monoisotopic (exact) mass is 350 g/mol. The molecule has 0 spiro atoms. The summed E-state index contributed by atoms with van der Waals surface area (Å²) in [7, 11) is 0. The van der Waals surface area contributed by atoms with Gasteiger partial charge in [0, 0.05) is 18.0 Å². The topological polar surface area (TPSA) is 60.2 Å². The van der Waals surface area contributed by atoms with Crippen LogP contribution in [0.5, 0.6) is 0 Å². The summed E-state index contributed by atoms with van der Waals surface area (Å²) in [4.78, 5) is 20.6. The molecule has 2 aliphatic rings. The van der Waals surface area contributed by atoms with Crippen LogP contribution < -0.4 is 0 Å². The molecule has 2 aromatic rings. The molecular formula is C15H18N4O2S2. The Labute approximate surface area is 142 Å². The van der Waals surface area contributed by atoms with Gasteiger partial charge < -0.3 is 4.74 Å². The zero-order valence-electron chi connectivity index (χ0n) is 13.0. The van der Waals surface area contributed by atoms with Gasteiger partial charge in [-0.25, -0.2) is 4.98 Å². The summed E-state index contributed by atoms with van der Waals surface area (Å²) in [5.74, 6) is 0.0210.